The van der Waals surface area contributed by atoms with Gasteiger partial charge in [-0.3, -0.25) is 19.2 Å². The van der Waals surface area contributed by atoms with Gasteiger partial charge in [-0.25, -0.2) is 9.02 Å². The first-order valence-corrected chi connectivity index (χ1v) is 15.8. The number of aromatic nitrogens is 2. The van der Waals surface area contributed by atoms with Crippen LogP contribution in [0.1, 0.15) is 67.2 Å². The van der Waals surface area contributed by atoms with Gasteiger partial charge in [0.2, 0.25) is 17.7 Å². The number of hydrogen-bond donors (Lipinski definition) is 3. The number of likely N-dealkylation sites (N-methyl/N-ethyl adjacent to an activating group) is 1. The molecular weight excluding hydrogens is 635 g/mol. The number of rotatable bonds is 11. The molecule has 1 aromatic heterocycles. The molecule has 4 atom stereocenters. The van der Waals surface area contributed by atoms with Gasteiger partial charge >= 0.3 is 0 Å². The molecule has 13 nitrogen and oxygen atoms in total. The first-order chi connectivity index (χ1) is 22.8. The SMILES string of the molecule is COCC(=O)N[C@@H](C(=O)N1CCN(C)[C@H](C)C1)[C@@H](C)c1ccc(NC(=O)C(NC(=O)c2nonc2C)C2CCC(=C(F)F)CC2)c(F)c1. The van der Waals surface area contributed by atoms with Crippen LogP contribution in [0.3, 0.4) is 0 Å². The number of anilines is 1. The molecule has 0 radical (unpaired) electrons. The summed E-state index contributed by atoms with van der Waals surface area (Å²) in [4.78, 5) is 56.5. The summed E-state index contributed by atoms with van der Waals surface area (Å²) in [5.74, 6) is -4.32. The van der Waals surface area contributed by atoms with Gasteiger partial charge in [-0.1, -0.05) is 18.1 Å². The number of hydrogen-bond acceptors (Lipinski definition) is 9. The van der Waals surface area contributed by atoms with Crippen molar-refractivity contribution < 1.29 is 41.7 Å². The van der Waals surface area contributed by atoms with Gasteiger partial charge in [-0.15, -0.1) is 0 Å². The minimum absolute atomic E-state index is 0.00126. The summed E-state index contributed by atoms with van der Waals surface area (Å²) < 4.78 is 51.5. The standard InChI is InChI=1S/C32H42F3N7O6/c1-17-15-42(13-12-41(17)4)32(46)26(37-25(43)16-47-5)18(2)22-10-11-24(23(33)14-22)36-31(45)28(20-6-8-21(9-7-20)29(34)35)38-30(44)27-19(3)39-48-40-27/h10-11,14,17-18,20,26,28H,6-9,12-13,15-16H2,1-5H3,(H,36,45)(H,37,43)(H,38,44)/t17-,18+,26-,28?/m1/s1. The normalized spacial score (nSPS) is 20.4. The summed E-state index contributed by atoms with van der Waals surface area (Å²) in [6.07, 6.45) is -1.27. The number of carbonyl (C=O) groups excluding carboxylic acids is 4. The van der Waals surface area contributed by atoms with Gasteiger partial charge in [0.1, 0.15) is 30.2 Å². The average molecular weight is 678 g/mol. The van der Waals surface area contributed by atoms with Gasteiger partial charge in [0.25, 0.3) is 12.0 Å². The predicted octanol–water partition coefficient (Wildman–Crippen LogP) is 2.99. The number of allylic oxidation sites excluding steroid dienone is 1. The number of ether oxygens (including phenoxy) is 1. The summed E-state index contributed by atoms with van der Waals surface area (Å²) >= 11 is 0. The highest BCUT2D eigenvalue weighted by Gasteiger charge is 2.36. The van der Waals surface area contributed by atoms with Gasteiger partial charge in [0, 0.05) is 38.7 Å². The Bertz CT molecular complexity index is 1520. The predicted molar refractivity (Wildman–Crippen MR) is 167 cm³/mol. The maximum atomic E-state index is 15.6. The van der Waals surface area contributed by atoms with E-state index in [1.54, 1.807) is 17.9 Å². The zero-order chi connectivity index (χ0) is 35.1. The fourth-order valence-electron chi connectivity index (χ4n) is 6.07. The molecule has 2 heterocycles. The van der Waals surface area contributed by atoms with Crippen molar-refractivity contribution in [3.8, 4) is 0 Å². The van der Waals surface area contributed by atoms with Crippen LogP contribution in [0.5, 0.6) is 0 Å². The molecule has 1 aliphatic heterocycles. The average Bonchev–Trinajstić information content (AvgIpc) is 3.50. The molecule has 4 rings (SSSR count). The number of aryl methyl sites for hydroxylation is 1. The van der Waals surface area contributed by atoms with E-state index in [2.05, 4.69) is 35.8 Å². The van der Waals surface area contributed by atoms with E-state index in [0.29, 0.717) is 25.2 Å². The summed E-state index contributed by atoms with van der Waals surface area (Å²) in [5.41, 5.74) is 0.244. The molecule has 2 aliphatic rings. The third kappa shape index (κ3) is 8.78. The summed E-state index contributed by atoms with van der Waals surface area (Å²) in [5, 5.41) is 15.0. The van der Waals surface area contributed by atoms with Crippen LogP contribution in [-0.2, 0) is 19.1 Å². The third-order valence-electron chi connectivity index (χ3n) is 9.22. The lowest BCUT2D eigenvalue weighted by molar-refractivity contribution is -0.140. The number of amides is 4. The molecule has 0 spiro atoms. The lowest BCUT2D eigenvalue weighted by atomic mass is 9.81. The van der Waals surface area contributed by atoms with E-state index in [4.69, 9.17) is 4.74 Å². The fourth-order valence-corrected chi connectivity index (χ4v) is 6.07. The minimum atomic E-state index is -1.75. The number of halogens is 3. The number of methoxy groups -OCH3 is 1. The van der Waals surface area contributed by atoms with Crippen LogP contribution in [0, 0.1) is 18.7 Å². The van der Waals surface area contributed by atoms with Crippen molar-refractivity contribution in [3.63, 3.8) is 0 Å². The molecule has 1 aromatic carbocycles. The summed E-state index contributed by atoms with van der Waals surface area (Å²) in [6, 6.07) is 1.93. The van der Waals surface area contributed by atoms with Crippen molar-refractivity contribution in [2.24, 2.45) is 5.92 Å². The molecule has 4 amide bonds. The lowest BCUT2D eigenvalue weighted by Gasteiger charge is -2.40. The highest BCUT2D eigenvalue weighted by atomic mass is 19.3. The van der Waals surface area contributed by atoms with Gasteiger partial charge in [-0.2, -0.15) is 8.78 Å². The van der Waals surface area contributed by atoms with Crippen LogP contribution in [-0.4, -0.2) is 102 Å². The first-order valence-electron chi connectivity index (χ1n) is 15.8. The Hall–Kier alpha value is -4.31. The monoisotopic (exact) mass is 677 g/mol. The largest absolute Gasteiger partial charge is 0.375 e. The van der Waals surface area contributed by atoms with Crippen molar-refractivity contribution in [2.75, 3.05) is 45.7 Å². The Kier molecular flexibility index (Phi) is 12.3. The quantitative estimate of drug-likeness (QED) is 0.325. The van der Waals surface area contributed by atoms with Crippen LogP contribution < -0.4 is 16.0 Å². The molecule has 1 unspecified atom stereocenters. The lowest BCUT2D eigenvalue weighted by Crippen LogP contribution is -2.58. The van der Waals surface area contributed by atoms with E-state index in [9.17, 15) is 28.0 Å². The van der Waals surface area contributed by atoms with Crippen molar-refractivity contribution in [1.82, 2.24) is 30.7 Å². The van der Waals surface area contributed by atoms with E-state index in [1.165, 1.54) is 26.2 Å². The van der Waals surface area contributed by atoms with Crippen LogP contribution in [0.2, 0.25) is 0 Å². The zero-order valence-corrected chi connectivity index (χ0v) is 27.6. The van der Waals surface area contributed by atoms with E-state index >= 15 is 4.39 Å². The van der Waals surface area contributed by atoms with E-state index in [1.807, 2.05) is 14.0 Å². The Labute approximate surface area is 276 Å². The van der Waals surface area contributed by atoms with Gasteiger partial charge < -0.3 is 30.5 Å². The number of nitrogens with zero attached hydrogens (tertiary/aromatic N) is 4. The Morgan fingerprint density at radius 3 is 2.40 bits per heavy atom. The second kappa shape index (κ2) is 16.2. The Balaban J connectivity index is 1.54. The van der Waals surface area contributed by atoms with Crippen LogP contribution >= 0.6 is 0 Å². The van der Waals surface area contributed by atoms with E-state index < -0.39 is 53.5 Å². The van der Waals surface area contributed by atoms with Crippen LogP contribution in [0.4, 0.5) is 18.9 Å². The Morgan fingerprint density at radius 1 is 1.10 bits per heavy atom. The maximum absolute atomic E-state index is 15.6. The number of benzene rings is 1. The number of carbonyl (C=O) groups is 4. The topological polar surface area (TPSA) is 159 Å². The third-order valence-corrected chi connectivity index (χ3v) is 9.22. The van der Waals surface area contributed by atoms with Gasteiger partial charge in [-0.05, 0) is 80.9 Å². The van der Waals surface area contributed by atoms with Crippen molar-refractivity contribution >= 4 is 29.3 Å². The van der Waals surface area contributed by atoms with Crippen molar-refractivity contribution in [2.45, 2.75) is 70.5 Å². The molecule has 0 bridgehead atoms. The molecule has 1 saturated carbocycles. The number of nitrogens with one attached hydrogen (secondary N) is 3. The second-order valence-corrected chi connectivity index (χ2v) is 12.5. The highest BCUT2D eigenvalue weighted by molar-refractivity contribution is 6.01. The van der Waals surface area contributed by atoms with Crippen LogP contribution in [0.15, 0.2) is 34.5 Å². The molecule has 1 aliphatic carbocycles. The molecule has 2 fully saturated rings. The number of piperazine rings is 1. The zero-order valence-electron chi connectivity index (χ0n) is 27.6. The second-order valence-electron chi connectivity index (χ2n) is 12.5. The molecule has 16 heteroatoms. The fraction of sp³-hybridized carbons (Fsp3) is 0.562. The van der Waals surface area contributed by atoms with Crippen molar-refractivity contribution in [1.29, 1.82) is 0 Å². The molecule has 1 saturated heterocycles. The molecule has 2 aromatic rings. The van der Waals surface area contributed by atoms with Crippen LogP contribution in [0.25, 0.3) is 0 Å². The smallest absolute Gasteiger partial charge is 0.276 e. The molecular formula is C32H42F3N7O6. The molecule has 48 heavy (non-hydrogen) atoms. The van der Waals surface area contributed by atoms with Crippen molar-refractivity contribution in [3.05, 3.63) is 52.6 Å². The van der Waals surface area contributed by atoms with E-state index in [0.717, 1.165) is 0 Å². The van der Waals surface area contributed by atoms with E-state index in [-0.39, 0.29) is 66.9 Å². The van der Waals surface area contributed by atoms with Gasteiger partial charge in [0.05, 0.1) is 5.69 Å². The minimum Gasteiger partial charge on any atom is -0.375 e. The summed E-state index contributed by atoms with van der Waals surface area (Å²) in [7, 11) is 3.33. The highest BCUT2D eigenvalue weighted by Crippen LogP contribution is 2.34. The maximum Gasteiger partial charge on any atom is 0.276 e. The molecule has 262 valence electrons. The summed E-state index contributed by atoms with van der Waals surface area (Å²) in [6.45, 7) is 6.51. The van der Waals surface area contributed by atoms with Gasteiger partial charge in [0.15, 0.2) is 5.69 Å². The molecule has 3 N–H and O–H groups in total. The first kappa shape index (κ1) is 36.5. The Morgan fingerprint density at radius 2 is 1.81 bits per heavy atom.